The van der Waals surface area contributed by atoms with E-state index in [-0.39, 0.29) is 5.54 Å². The van der Waals surface area contributed by atoms with Gasteiger partial charge >= 0.3 is 0 Å². The molecular weight excluding hydrogens is 270 g/mol. The third-order valence-corrected chi connectivity index (χ3v) is 5.80. The highest BCUT2D eigenvalue weighted by Crippen LogP contribution is 2.40. The van der Waals surface area contributed by atoms with Gasteiger partial charge < -0.3 is 10.3 Å². The Kier molecular flexibility index (Phi) is 2.76. The van der Waals surface area contributed by atoms with Crippen LogP contribution in [0.1, 0.15) is 48.9 Å². The van der Waals surface area contributed by atoms with Crippen LogP contribution in [0.4, 0.5) is 0 Å². The lowest BCUT2D eigenvalue weighted by molar-refractivity contribution is 0.229. The van der Waals surface area contributed by atoms with E-state index in [1.165, 1.54) is 23.3 Å². The topological polar surface area (TPSA) is 64.9 Å². The van der Waals surface area contributed by atoms with Crippen LogP contribution in [0.15, 0.2) is 9.90 Å². The molecule has 0 aliphatic heterocycles. The second-order valence-electron chi connectivity index (χ2n) is 6.33. The number of nitrogens with zero attached hydrogens (tertiary/aromatic N) is 2. The lowest BCUT2D eigenvalue weighted by atomic mass is 9.77. The normalized spacial score (nSPS) is 24.2. The Bertz CT molecular complexity index is 641. The lowest BCUT2D eigenvalue weighted by Crippen LogP contribution is -2.44. The van der Waals surface area contributed by atoms with Crippen LogP contribution in [0.3, 0.4) is 0 Å². The predicted octanol–water partition coefficient (Wildman–Crippen LogP) is 3.26. The predicted molar refractivity (Wildman–Crippen MR) is 78.5 cm³/mol. The van der Waals surface area contributed by atoms with Crippen LogP contribution >= 0.6 is 11.3 Å². The van der Waals surface area contributed by atoms with Crippen LogP contribution < -0.4 is 5.73 Å². The first kappa shape index (κ1) is 12.5. The Morgan fingerprint density at radius 1 is 1.45 bits per heavy atom. The first-order valence-electron chi connectivity index (χ1n) is 7.38. The van der Waals surface area contributed by atoms with Gasteiger partial charge in [0.2, 0.25) is 0 Å². The fourth-order valence-electron chi connectivity index (χ4n) is 3.17. The molecule has 2 heterocycles. The Labute approximate surface area is 122 Å². The van der Waals surface area contributed by atoms with E-state index < -0.39 is 0 Å². The van der Waals surface area contributed by atoms with Crippen molar-refractivity contribution in [3.8, 4) is 11.5 Å². The fraction of sp³-hybridized carbons (Fsp3) is 0.600. The summed E-state index contributed by atoms with van der Waals surface area (Å²) in [5.74, 6) is 2.13. The number of fused-ring (bicyclic) bond motifs is 1. The van der Waals surface area contributed by atoms with Gasteiger partial charge in [0.25, 0.3) is 5.89 Å². The molecule has 2 aliphatic rings. The molecule has 4 rings (SSSR count). The second-order valence-corrected chi connectivity index (χ2v) is 7.30. The molecule has 1 saturated carbocycles. The quantitative estimate of drug-likeness (QED) is 0.921. The molecule has 4 nitrogen and oxygen atoms in total. The van der Waals surface area contributed by atoms with Crippen molar-refractivity contribution in [3.63, 3.8) is 0 Å². The van der Waals surface area contributed by atoms with Gasteiger partial charge in [-0.1, -0.05) is 12.1 Å². The molecule has 0 saturated heterocycles. The standard InChI is InChI=1S/C15H19N3OS/c1-9-3-4-10-11(8-20-12(10)7-9)13-17-14(18-19-13)15(16)5-2-6-15/h8-9H,2-7,16H2,1H3. The highest BCUT2D eigenvalue weighted by molar-refractivity contribution is 7.10. The van der Waals surface area contributed by atoms with Gasteiger partial charge in [-0.25, -0.2) is 0 Å². The zero-order chi connectivity index (χ0) is 13.7. The van der Waals surface area contributed by atoms with E-state index >= 15 is 0 Å². The molecule has 2 aromatic heterocycles. The molecule has 2 aromatic rings. The molecule has 0 aromatic carbocycles. The summed E-state index contributed by atoms with van der Waals surface area (Å²) >= 11 is 1.83. The highest BCUT2D eigenvalue weighted by Gasteiger charge is 2.39. The van der Waals surface area contributed by atoms with Gasteiger partial charge in [-0.2, -0.15) is 4.98 Å². The molecule has 5 heteroatoms. The van der Waals surface area contributed by atoms with E-state index in [4.69, 9.17) is 10.3 Å². The minimum Gasteiger partial charge on any atom is -0.334 e. The number of hydrogen-bond acceptors (Lipinski definition) is 5. The zero-order valence-electron chi connectivity index (χ0n) is 11.7. The molecule has 0 radical (unpaired) electrons. The molecule has 20 heavy (non-hydrogen) atoms. The van der Waals surface area contributed by atoms with Crippen molar-refractivity contribution < 1.29 is 4.52 Å². The van der Waals surface area contributed by atoms with Crippen LogP contribution in [0.5, 0.6) is 0 Å². The minimum atomic E-state index is -0.341. The second kappa shape index (κ2) is 4.40. The van der Waals surface area contributed by atoms with Gasteiger partial charge in [0.05, 0.1) is 11.1 Å². The third-order valence-electron chi connectivity index (χ3n) is 4.75. The summed E-state index contributed by atoms with van der Waals surface area (Å²) in [5.41, 5.74) is 8.48. The maximum absolute atomic E-state index is 6.26. The fourth-order valence-corrected chi connectivity index (χ4v) is 4.41. The van der Waals surface area contributed by atoms with Crippen molar-refractivity contribution in [1.82, 2.24) is 10.1 Å². The van der Waals surface area contributed by atoms with Gasteiger partial charge in [0.1, 0.15) is 0 Å². The molecule has 0 spiro atoms. The van der Waals surface area contributed by atoms with E-state index in [2.05, 4.69) is 22.4 Å². The van der Waals surface area contributed by atoms with Crippen molar-refractivity contribution in [1.29, 1.82) is 0 Å². The summed E-state index contributed by atoms with van der Waals surface area (Å²) in [6.07, 6.45) is 6.64. The molecule has 1 atom stereocenters. The van der Waals surface area contributed by atoms with Crippen molar-refractivity contribution in [2.75, 3.05) is 0 Å². The average molecular weight is 289 g/mol. The van der Waals surface area contributed by atoms with Crippen LogP contribution in [-0.2, 0) is 18.4 Å². The molecule has 1 unspecified atom stereocenters. The molecule has 0 amide bonds. The summed E-state index contributed by atoms with van der Waals surface area (Å²) in [5, 5.41) is 6.29. The number of hydrogen-bond donors (Lipinski definition) is 1. The number of aromatic nitrogens is 2. The van der Waals surface area contributed by atoms with Crippen molar-refractivity contribution in [3.05, 3.63) is 21.6 Å². The van der Waals surface area contributed by atoms with Crippen LogP contribution in [0.25, 0.3) is 11.5 Å². The van der Waals surface area contributed by atoms with Gasteiger partial charge in [0.15, 0.2) is 5.82 Å². The summed E-state index contributed by atoms with van der Waals surface area (Å²) in [6, 6.07) is 0. The lowest BCUT2D eigenvalue weighted by Gasteiger charge is -2.34. The first-order chi connectivity index (χ1) is 9.66. The Morgan fingerprint density at radius 2 is 2.30 bits per heavy atom. The van der Waals surface area contributed by atoms with Gasteiger partial charge in [0, 0.05) is 10.3 Å². The average Bonchev–Trinajstić information content (AvgIpc) is 3.01. The van der Waals surface area contributed by atoms with E-state index in [1.54, 1.807) is 0 Å². The molecule has 106 valence electrons. The van der Waals surface area contributed by atoms with Gasteiger partial charge in [-0.05, 0) is 50.0 Å². The Morgan fingerprint density at radius 3 is 3.05 bits per heavy atom. The van der Waals surface area contributed by atoms with Crippen molar-refractivity contribution in [2.45, 2.75) is 51.0 Å². The summed E-state index contributed by atoms with van der Waals surface area (Å²) < 4.78 is 5.49. The molecule has 0 bridgehead atoms. The maximum Gasteiger partial charge on any atom is 0.259 e. The van der Waals surface area contributed by atoms with E-state index in [1.807, 2.05) is 11.3 Å². The highest BCUT2D eigenvalue weighted by atomic mass is 32.1. The SMILES string of the molecule is CC1CCc2c(-c3nc(C4(N)CCC4)no3)csc2C1. The molecule has 2 aliphatic carbocycles. The van der Waals surface area contributed by atoms with Gasteiger partial charge in [-0.15, -0.1) is 11.3 Å². The zero-order valence-corrected chi connectivity index (χ0v) is 12.5. The van der Waals surface area contributed by atoms with Crippen molar-refractivity contribution >= 4 is 11.3 Å². The first-order valence-corrected chi connectivity index (χ1v) is 8.26. The van der Waals surface area contributed by atoms with E-state index in [0.717, 1.165) is 37.2 Å². The minimum absolute atomic E-state index is 0.341. The van der Waals surface area contributed by atoms with Crippen LogP contribution in [-0.4, -0.2) is 10.1 Å². The smallest absolute Gasteiger partial charge is 0.259 e. The number of rotatable bonds is 2. The monoisotopic (exact) mass is 289 g/mol. The number of thiophene rings is 1. The van der Waals surface area contributed by atoms with Gasteiger partial charge in [-0.3, -0.25) is 0 Å². The summed E-state index contributed by atoms with van der Waals surface area (Å²) in [6.45, 7) is 2.32. The number of nitrogens with two attached hydrogens (primary N) is 1. The van der Waals surface area contributed by atoms with E-state index in [9.17, 15) is 0 Å². The third kappa shape index (κ3) is 1.84. The largest absolute Gasteiger partial charge is 0.334 e. The summed E-state index contributed by atoms with van der Waals surface area (Å²) in [7, 11) is 0. The summed E-state index contributed by atoms with van der Waals surface area (Å²) in [4.78, 5) is 6.07. The van der Waals surface area contributed by atoms with Crippen molar-refractivity contribution in [2.24, 2.45) is 11.7 Å². The molecule has 1 fully saturated rings. The van der Waals surface area contributed by atoms with E-state index in [0.29, 0.717) is 11.7 Å². The Balaban J connectivity index is 1.68. The van der Waals surface area contributed by atoms with Crippen LogP contribution in [0, 0.1) is 5.92 Å². The van der Waals surface area contributed by atoms with Crippen LogP contribution in [0.2, 0.25) is 0 Å². The molecular formula is C15H19N3OS. The Hall–Kier alpha value is -1.20. The maximum atomic E-state index is 6.26. The molecule has 2 N–H and O–H groups in total.